The molecule has 120 valence electrons. The summed E-state index contributed by atoms with van der Waals surface area (Å²) < 4.78 is 5.32. The van der Waals surface area contributed by atoms with Crippen LogP contribution in [0.5, 0.6) is 0 Å². The molecule has 0 N–H and O–H groups in total. The van der Waals surface area contributed by atoms with E-state index in [9.17, 15) is 4.79 Å². The Bertz CT molecular complexity index is 683. The summed E-state index contributed by atoms with van der Waals surface area (Å²) in [4.78, 5) is 26.4. The number of amides is 1. The smallest absolute Gasteiger partial charge is 0.246 e. The van der Waals surface area contributed by atoms with E-state index in [0.717, 1.165) is 25.9 Å². The summed E-state index contributed by atoms with van der Waals surface area (Å²) in [5, 5.41) is 3.96. The van der Waals surface area contributed by atoms with Crippen LogP contribution in [0.15, 0.2) is 35.3 Å². The number of carbonyl (C=O) groups excluding carboxylic acids is 1. The van der Waals surface area contributed by atoms with Gasteiger partial charge in [0.05, 0.1) is 6.20 Å². The molecule has 1 amide bonds. The first-order valence-electron chi connectivity index (χ1n) is 7.77. The van der Waals surface area contributed by atoms with Gasteiger partial charge in [0.2, 0.25) is 17.6 Å². The zero-order chi connectivity index (χ0) is 16.1. The second-order valence-corrected chi connectivity index (χ2v) is 5.60. The van der Waals surface area contributed by atoms with E-state index in [1.54, 1.807) is 30.7 Å². The number of carbonyl (C=O) groups is 1. The second-order valence-electron chi connectivity index (χ2n) is 5.60. The summed E-state index contributed by atoms with van der Waals surface area (Å²) in [7, 11) is 0. The van der Waals surface area contributed by atoms with E-state index in [1.165, 1.54) is 0 Å². The highest BCUT2D eigenvalue weighted by Crippen LogP contribution is 2.21. The predicted molar refractivity (Wildman–Crippen MR) is 83.1 cm³/mol. The molecule has 0 saturated carbocycles. The van der Waals surface area contributed by atoms with Crippen molar-refractivity contribution in [3.8, 4) is 11.5 Å². The molecule has 0 spiro atoms. The predicted octanol–water partition coefficient (Wildman–Crippen LogP) is 1.88. The number of hydrogen-bond donors (Lipinski definition) is 0. The van der Waals surface area contributed by atoms with E-state index in [0.29, 0.717) is 29.7 Å². The van der Waals surface area contributed by atoms with Crippen LogP contribution < -0.4 is 0 Å². The van der Waals surface area contributed by atoms with Gasteiger partial charge in [-0.3, -0.25) is 9.78 Å². The van der Waals surface area contributed by atoms with Crippen LogP contribution in [0.25, 0.3) is 11.5 Å². The van der Waals surface area contributed by atoms with Gasteiger partial charge in [0.25, 0.3) is 0 Å². The lowest BCUT2D eigenvalue weighted by Gasteiger charge is -2.31. The topological polar surface area (TPSA) is 85.0 Å². The Kier molecular flexibility index (Phi) is 4.75. The average molecular weight is 313 g/mol. The lowest BCUT2D eigenvalue weighted by atomic mass is 9.94. The van der Waals surface area contributed by atoms with Crippen LogP contribution in [0.1, 0.15) is 25.7 Å². The fraction of sp³-hybridized carbons (Fsp3) is 0.438. The first-order chi connectivity index (χ1) is 11.3. The largest absolute Gasteiger partial charge is 0.339 e. The van der Waals surface area contributed by atoms with Gasteiger partial charge in [0, 0.05) is 31.9 Å². The summed E-state index contributed by atoms with van der Waals surface area (Å²) in [6.07, 6.45) is 10.9. The quantitative estimate of drug-likeness (QED) is 0.801. The standard InChI is InChI=1S/C16H19N5O2/c1-2-4-15(22)21-8-3-5-12(11-21)9-14-19-16(20-23-14)13-10-17-6-7-18-13/h2,4,6-7,10,12H,3,5,8-9,11H2,1H3. The molecule has 23 heavy (non-hydrogen) atoms. The molecule has 1 unspecified atom stereocenters. The molecular weight excluding hydrogens is 294 g/mol. The molecule has 2 aromatic heterocycles. The Balaban J connectivity index is 1.63. The number of nitrogens with zero attached hydrogens (tertiary/aromatic N) is 5. The highest BCUT2D eigenvalue weighted by molar-refractivity contribution is 5.87. The van der Waals surface area contributed by atoms with Crippen molar-refractivity contribution in [3.05, 3.63) is 36.6 Å². The van der Waals surface area contributed by atoms with Crippen molar-refractivity contribution in [1.29, 1.82) is 0 Å². The normalized spacial score (nSPS) is 18.5. The molecule has 1 atom stereocenters. The van der Waals surface area contributed by atoms with Gasteiger partial charge in [-0.15, -0.1) is 0 Å². The summed E-state index contributed by atoms with van der Waals surface area (Å²) in [5.41, 5.74) is 0.594. The molecule has 1 fully saturated rings. The third-order valence-corrected chi connectivity index (χ3v) is 3.86. The van der Waals surface area contributed by atoms with Gasteiger partial charge < -0.3 is 9.42 Å². The number of aromatic nitrogens is 4. The van der Waals surface area contributed by atoms with Crippen LogP contribution in [0, 0.1) is 5.92 Å². The number of allylic oxidation sites excluding steroid dienone is 1. The maximum atomic E-state index is 12.0. The molecule has 3 rings (SSSR count). The molecule has 3 heterocycles. The first-order valence-corrected chi connectivity index (χ1v) is 7.77. The van der Waals surface area contributed by atoms with Crippen molar-refractivity contribution >= 4 is 5.91 Å². The second kappa shape index (κ2) is 7.13. The van der Waals surface area contributed by atoms with Gasteiger partial charge in [-0.1, -0.05) is 11.2 Å². The molecule has 2 aromatic rings. The summed E-state index contributed by atoms with van der Waals surface area (Å²) in [5.74, 6) is 1.44. The third kappa shape index (κ3) is 3.80. The Morgan fingerprint density at radius 1 is 1.48 bits per heavy atom. The highest BCUT2D eigenvalue weighted by atomic mass is 16.5. The average Bonchev–Trinajstić information content (AvgIpc) is 3.05. The molecule has 1 saturated heterocycles. The third-order valence-electron chi connectivity index (χ3n) is 3.86. The van der Waals surface area contributed by atoms with Crippen molar-refractivity contribution in [2.24, 2.45) is 5.92 Å². The molecule has 1 aliphatic heterocycles. The fourth-order valence-corrected chi connectivity index (χ4v) is 2.78. The monoisotopic (exact) mass is 313 g/mol. The van der Waals surface area contributed by atoms with Crippen molar-refractivity contribution in [2.75, 3.05) is 13.1 Å². The molecule has 0 aliphatic carbocycles. The molecule has 0 bridgehead atoms. The lowest BCUT2D eigenvalue weighted by Crippen LogP contribution is -2.39. The summed E-state index contributed by atoms with van der Waals surface area (Å²) in [6, 6.07) is 0. The lowest BCUT2D eigenvalue weighted by molar-refractivity contribution is -0.127. The molecule has 7 heteroatoms. The number of likely N-dealkylation sites (tertiary alicyclic amines) is 1. The molecular formula is C16H19N5O2. The van der Waals surface area contributed by atoms with E-state index >= 15 is 0 Å². The van der Waals surface area contributed by atoms with E-state index < -0.39 is 0 Å². The van der Waals surface area contributed by atoms with Gasteiger partial charge in [0.15, 0.2) is 0 Å². The highest BCUT2D eigenvalue weighted by Gasteiger charge is 2.24. The van der Waals surface area contributed by atoms with Crippen LogP contribution in [0.2, 0.25) is 0 Å². The Morgan fingerprint density at radius 2 is 2.39 bits per heavy atom. The van der Waals surface area contributed by atoms with Crippen LogP contribution in [0.4, 0.5) is 0 Å². The SMILES string of the molecule is CC=CC(=O)N1CCCC(Cc2nc(-c3cnccn3)no2)C1. The van der Waals surface area contributed by atoms with Crippen LogP contribution >= 0.6 is 0 Å². The Hall–Kier alpha value is -2.57. The minimum absolute atomic E-state index is 0.0722. The summed E-state index contributed by atoms with van der Waals surface area (Å²) >= 11 is 0. The van der Waals surface area contributed by atoms with Crippen LogP contribution in [-0.2, 0) is 11.2 Å². The van der Waals surface area contributed by atoms with Crippen molar-refractivity contribution in [1.82, 2.24) is 25.0 Å². The number of hydrogen-bond acceptors (Lipinski definition) is 6. The molecule has 0 aromatic carbocycles. The Labute approximate surface area is 134 Å². The van der Waals surface area contributed by atoms with E-state index in [4.69, 9.17) is 4.52 Å². The zero-order valence-corrected chi connectivity index (χ0v) is 13.1. The first kappa shape index (κ1) is 15.3. The molecule has 1 aliphatic rings. The minimum atomic E-state index is 0.0722. The van der Waals surface area contributed by atoms with Crippen molar-refractivity contribution in [3.63, 3.8) is 0 Å². The van der Waals surface area contributed by atoms with Crippen LogP contribution in [0.3, 0.4) is 0 Å². The van der Waals surface area contributed by atoms with Gasteiger partial charge in [-0.2, -0.15) is 4.98 Å². The van der Waals surface area contributed by atoms with Crippen molar-refractivity contribution < 1.29 is 9.32 Å². The van der Waals surface area contributed by atoms with Gasteiger partial charge in [0.1, 0.15) is 5.69 Å². The fourth-order valence-electron chi connectivity index (χ4n) is 2.78. The van der Waals surface area contributed by atoms with Gasteiger partial charge in [-0.25, -0.2) is 4.98 Å². The summed E-state index contributed by atoms with van der Waals surface area (Å²) in [6.45, 7) is 3.40. The van der Waals surface area contributed by atoms with E-state index in [2.05, 4.69) is 20.1 Å². The Morgan fingerprint density at radius 3 is 3.17 bits per heavy atom. The minimum Gasteiger partial charge on any atom is -0.339 e. The molecule has 0 radical (unpaired) electrons. The van der Waals surface area contributed by atoms with Gasteiger partial charge in [-0.05, 0) is 31.8 Å². The van der Waals surface area contributed by atoms with E-state index in [-0.39, 0.29) is 5.91 Å². The number of rotatable bonds is 4. The maximum Gasteiger partial charge on any atom is 0.246 e. The van der Waals surface area contributed by atoms with Gasteiger partial charge >= 0.3 is 0 Å². The van der Waals surface area contributed by atoms with E-state index in [1.807, 2.05) is 11.8 Å². The number of piperidine rings is 1. The van der Waals surface area contributed by atoms with Crippen molar-refractivity contribution in [2.45, 2.75) is 26.2 Å². The van der Waals surface area contributed by atoms with Crippen LogP contribution in [-0.4, -0.2) is 44.0 Å². The maximum absolute atomic E-state index is 12.0. The zero-order valence-electron chi connectivity index (χ0n) is 13.1. The molecule has 7 nitrogen and oxygen atoms in total.